The summed E-state index contributed by atoms with van der Waals surface area (Å²) in [5, 5.41) is 10.9. The van der Waals surface area contributed by atoms with Gasteiger partial charge in [-0.15, -0.1) is 0 Å². The van der Waals surface area contributed by atoms with Crippen LogP contribution < -0.4 is 0 Å². The number of esters is 1. The lowest BCUT2D eigenvalue weighted by atomic mass is 9.50. The van der Waals surface area contributed by atoms with E-state index in [4.69, 9.17) is 4.74 Å². The van der Waals surface area contributed by atoms with E-state index in [0.29, 0.717) is 12.3 Å². The second kappa shape index (κ2) is 4.58. The fourth-order valence-electron chi connectivity index (χ4n) is 3.97. The van der Waals surface area contributed by atoms with Crippen LogP contribution in [0.25, 0.3) is 0 Å². The summed E-state index contributed by atoms with van der Waals surface area (Å²) < 4.78 is 5.21. The van der Waals surface area contributed by atoms with Crippen molar-refractivity contribution in [3.05, 3.63) is 0 Å². The molecule has 0 aromatic carbocycles. The van der Waals surface area contributed by atoms with Gasteiger partial charge >= 0.3 is 5.97 Å². The number of fused-ring (bicyclic) bond motifs is 1. The second-order valence-corrected chi connectivity index (χ2v) is 6.65. The molecular formula is C15H24O4. The Morgan fingerprint density at radius 3 is 2.63 bits per heavy atom. The van der Waals surface area contributed by atoms with Crippen LogP contribution in [0.2, 0.25) is 0 Å². The van der Waals surface area contributed by atoms with Crippen LogP contribution in [0.3, 0.4) is 0 Å². The molecule has 19 heavy (non-hydrogen) atoms. The first-order valence-corrected chi connectivity index (χ1v) is 7.13. The molecular weight excluding hydrogens is 244 g/mol. The Labute approximate surface area is 114 Å². The predicted octanol–water partition coefficient (Wildman–Crippen LogP) is 2.08. The SMILES string of the molecule is CC(=O)O[C@@H]1CC[C@]2(C)[C@H](C)[C@@H](C)CC(=O)[C@@]2(O)C1. The van der Waals surface area contributed by atoms with Crippen LogP contribution in [-0.2, 0) is 14.3 Å². The summed E-state index contributed by atoms with van der Waals surface area (Å²) in [6, 6.07) is 0. The molecule has 0 spiro atoms. The number of ketones is 1. The van der Waals surface area contributed by atoms with Gasteiger partial charge in [0.2, 0.25) is 0 Å². The molecule has 2 rings (SSSR count). The lowest BCUT2D eigenvalue weighted by molar-refractivity contribution is -0.201. The third-order valence-corrected chi connectivity index (χ3v) is 5.61. The summed E-state index contributed by atoms with van der Waals surface area (Å²) >= 11 is 0. The molecule has 0 radical (unpaired) electrons. The van der Waals surface area contributed by atoms with Crippen molar-refractivity contribution in [2.75, 3.05) is 0 Å². The number of Topliss-reactive ketones (excluding diaryl/α,β-unsaturated/α-hetero) is 1. The van der Waals surface area contributed by atoms with Crippen LogP contribution in [-0.4, -0.2) is 28.6 Å². The van der Waals surface area contributed by atoms with Crippen molar-refractivity contribution in [2.45, 2.75) is 65.1 Å². The summed E-state index contributed by atoms with van der Waals surface area (Å²) in [5.74, 6) is 0.149. The van der Waals surface area contributed by atoms with Gasteiger partial charge in [-0.2, -0.15) is 0 Å². The van der Waals surface area contributed by atoms with E-state index in [1.807, 2.05) is 6.92 Å². The highest BCUT2D eigenvalue weighted by Crippen LogP contribution is 2.56. The van der Waals surface area contributed by atoms with Gasteiger partial charge in [0.1, 0.15) is 11.7 Å². The van der Waals surface area contributed by atoms with Crippen molar-refractivity contribution in [2.24, 2.45) is 17.3 Å². The molecule has 0 heterocycles. The van der Waals surface area contributed by atoms with Gasteiger partial charge in [-0.05, 0) is 24.7 Å². The minimum absolute atomic E-state index is 0.0857. The van der Waals surface area contributed by atoms with Crippen molar-refractivity contribution >= 4 is 11.8 Å². The fraction of sp³-hybridized carbons (Fsp3) is 0.867. The van der Waals surface area contributed by atoms with E-state index in [0.717, 1.165) is 12.8 Å². The number of hydrogen-bond donors (Lipinski definition) is 1. The average Bonchev–Trinajstić information content (AvgIpc) is 2.30. The quantitative estimate of drug-likeness (QED) is 0.740. The molecule has 2 fully saturated rings. The molecule has 5 atom stereocenters. The minimum atomic E-state index is -1.34. The molecule has 108 valence electrons. The third-order valence-electron chi connectivity index (χ3n) is 5.61. The Morgan fingerprint density at radius 1 is 1.42 bits per heavy atom. The normalized spacial score (nSPS) is 46.6. The zero-order valence-electron chi connectivity index (χ0n) is 12.2. The van der Waals surface area contributed by atoms with Crippen LogP contribution in [0, 0.1) is 17.3 Å². The molecule has 0 saturated heterocycles. The highest BCUT2D eigenvalue weighted by Gasteiger charge is 2.61. The first-order valence-electron chi connectivity index (χ1n) is 7.13. The molecule has 0 aromatic heterocycles. The number of hydrogen-bond acceptors (Lipinski definition) is 4. The van der Waals surface area contributed by atoms with Gasteiger partial charge in [0.05, 0.1) is 0 Å². The predicted molar refractivity (Wildman–Crippen MR) is 70.4 cm³/mol. The van der Waals surface area contributed by atoms with E-state index in [2.05, 4.69) is 13.8 Å². The summed E-state index contributed by atoms with van der Waals surface area (Å²) in [5.41, 5.74) is -1.74. The van der Waals surface area contributed by atoms with Crippen molar-refractivity contribution < 1.29 is 19.4 Å². The zero-order chi connectivity index (χ0) is 14.4. The van der Waals surface area contributed by atoms with E-state index < -0.39 is 11.0 Å². The van der Waals surface area contributed by atoms with Gasteiger partial charge in [0, 0.05) is 25.2 Å². The summed E-state index contributed by atoms with van der Waals surface area (Å²) in [6.07, 6.45) is 1.78. The first-order chi connectivity index (χ1) is 8.70. The fourth-order valence-corrected chi connectivity index (χ4v) is 3.97. The van der Waals surface area contributed by atoms with Gasteiger partial charge in [-0.3, -0.25) is 9.59 Å². The minimum Gasteiger partial charge on any atom is -0.462 e. The van der Waals surface area contributed by atoms with Crippen molar-refractivity contribution in [1.29, 1.82) is 0 Å². The number of carbonyl (C=O) groups excluding carboxylic acids is 2. The summed E-state index contributed by atoms with van der Waals surface area (Å²) in [4.78, 5) is 23.4. The maximum Gasteiger partial charge on any atom is 0.302 e. The third kappa shape index (κ3) is 2.10. The van der Waals surface area contributed by atoms with E-state index in [1.165, 1.54) is 6.92 Å². The van der Waals surface area contributed by atoms with Crippen molar-refractivity contribution in [1.82, 2.24) is 0 Å². The van der Waals surface area contributed by atoms with Gasteiger partial charge in [0.25, 0.3) is 0 Å². The van der Waals surface area contributed by atoms with E-state index >= 15 is 0 Å². The molecule has 4 heteroatoms. The zero-order valence-corrected chi connectivity index (χ0v) is 12.2. The summed E-state index contributed by atoms with van der Waals surface area (Å²) in [7, 11) is 0. The van der Waals surface area contributed by atoms with E-state index in [1.54, 1.807) is 0 Å². The number of carbonyl (C=O) groups is 2. The van der Waals surface area contributed by atoms with E-state index in [-0.39, 0.29) is 30.2 Å². The lowest BCUT2D eigenvalue weighted by Crippen LogP contribution is -2.64. The molecule has 1 N–H and O–H groups in total. The average molecular weight is 268 g/mol. The standard InChI is InChI=1S/C15H24O4/c1-9-7-13(17)15(18)8-12(19-11(3)16)5-6-14(15,4)10(9)2/h9-10,12,18H,5-8H2,1-4H3/t9-,10+,12+,14+,15-/m0/s1. The number of aliphatic hydroxyl groups is 1. The first kappa shape index (κ1) is 14.5. The molecule has 0 amide bonds. The van der Waals surface area contributed by atoms with Gasteiger partial charge < -0.3 is 9.84 Å². The second-order valence-electron chi connectivity index (χ2n) is 6.65. The molecule has 4 nitrogen and oxygen atoms in total. The van der Waals surface area contributed by atoms with Gasteiger partial charge in [-0.1, -0.05) is 20.8 Å². The van der Waals surface area contributed by atoms with Crippen molar-refractivity contribution in [3.63, 3.8) is 0 Å². The molecule has 0 unspecified atom stereocenters. The number of ether oxygens (including phenoxy) is 1. The molecule has 0 aromatic rings. The largest absolute Gasteiger partial charge is 0.462 e. The lowest BCUT2D eigenvalue weighted by Gasteiger charge is -2.57. The Balaban J connectivity index is 2.28. The van der Waals surface area contributed by atoms with Crippen LogP contribution in [0.15, 0.2) is 0 Å². The maximum absolute atomic E-state index is 12.4. The van der Waals surface area contributed by atoms with Crippen LogP contribution in [0.5, 0.6) is 0 Å². The molecule has 0 bridgehead atoms. The van der Waals surface area contributed by atoms with Gasteiger partial charge in [-0.25, -0.2) is 0 Å². The number of rotatable bonds is 1. The highest BCUT2D eigenvalue weighted by atomic mass is 16.5. The molecule has 2 saturated carbocycles. The highest BCUT2D eigenvalue weighted by molar-refractivity contribution is 5.89. The van der Waals surface area contributed by atoms with Gasteiger partial charge in [0.15, 0.2) is 5.78 Å². The van der Waals surface area contributed by atoms with Crippen LogP contribution in [0.4, 0.5) is 0 Å². The molecule has 2 aliphatic carbocycles. The topological polar surface area (TPSA) is 63.6 Å². The maximum atomic E-state index is 12.4. The Morgan fingerprint density at radius 2 is 2.05 bits per heavy atom. The Bertz CT molecular complexity index is 405. The Kier molecular flexibility index (Phi) is 3.50. The summed E-state index contributed by atoms with van der Waals surface area (Å²) in [6.45, 7) is 7.57. The van der Waals surface area contributed by atoms with Crippen LogP contribution >= 0.6 is 0 Å². The molecule has 2 aliphatic rings. The Hall–Kier alpha value is -0.900. The van der Waals surface area contributed by atoms with E-state index in [9.17, 15) is 14.7 Å². The monoisotopic (exact) mass is 268 g/mol. The smallest absolute Gasteiger partial charge is 0.302 e. The van der Waals surface area contributed by atoms with Crippen LogP contribution in [0.1, 0.15) is 53.4 Å². The van der Waals surface area contributed by atoms with Crippen molar-refractivity contribution in [3.8, 4) is 0 Å². The molecule has 0 aliphatic heterocycles.